The number of rotatable bonds is 4. The van der Waals surface area contributed by atoms with E-state index < -0.39 is 12.0 Å². The second-order valence-electron chi connectivity index (χ2n) is 4.61. The third-order valence-electron chi connectivity index (χ3n) is 3.20. The van der Waals surface area contributed by atoms with E-state index in [-0.39, 0.29) is 12.1 Å². The fourth-order valence-electron chi connectivity index (χ4n) is 2.15. The Kier molecular flexibility index (Phi) is 5.80. The highest BCUT2D eigenvalue weighted by atomic mass is 16.4. The summed E-state index contributed by atoms with van der Waals surface area (Å²) in [7, 11) is 0. The van der Waals surface area contributed by atoms with Crippen LogP contribution in [0.1, 0.15) is 51.9 Å². The Morgan fingerprint density at radius 3 is 2.29 bits per heavy atom. The molecule has 0 bridgehead atoms. The maximum atomic E-state index is 11.6. The molecule has 3 N–H and O–H groups in total. The average molecular weight is 242 g/mol. The first kappa shape index (κ1) is 13.8. The fourth-order valence-corrected chi connectivity index (χ4v) is 2.15. The first-order chi connectivity index (χ1) is 8.13. The lowest BCUT2D eigenvalue weighted by Crippen LogP contribution is -2.48. The van der Waals surface area contributed by atoms with Gasteiger partial charge < -0.3 is 15.7 Å². The van der Waals surface area contributed by atoms with Gasteiger partial charge in [0.25, 0.3) is 0 Å². The van der Waals surface area contributed by atoms with E-state index in [1.165, 1.54) is 12.8 Å². The van der Waals surface area contributed by atoms with Crippen molar-refractivity contribution in [2.24, 2.45) is 0 Å². The first-order valence-corrected chi connectivity index (χ1v) is 6.43. The number of urea groups is 1. The molecule has 0 spiro atoms. The zero-order valence-electron chi connectivity index (χ0n) is 10.4. The maximum Gasteiger partial charge on any atom is 0.326 e. The number of aliphatic carboxylic acids is 1. The van der Waals surface area contributed by atoms with Crippen molar-refractivity contribution in [3.63, 3.8) is 0 Å². The van der Waals surface area contributed by atoms with E-state index in [2.05, 4.69) is 10.6 Å². The normalized spacial score (nSPS) is 19.1. The van der Waals surface area contributed by atoms with Crippen LogP contribution in [0, 0.1) is 0 Å². The van der Waals surface area contributed by atoms with Crippen molar-refractivity contribution in [3.8, 4) is 0 Å². The Bertz CT molecular complexity index is 260. The number of nitrogens with one attached hydrogen (secondary N) is 2. The summed E-state index contributed by atoms with van der Waals surface area (Å²) >= 11 is 0. The highest BCUT2D eigenvalue weighted by Crippen LogP contribution is 2.16. The molecule has 0 heterocycles. The minimum atomic E-state index is -0.983. The second kappa shape index (κ2) is 7.14. The number of hydrogen-bond donors (Lipinski definition) is 3. The van der Waals surface area contributed by atoms with Gasteiger partial charge in [-0.2, -0.15) is 0 Å². The first-order valence-electron chi connectivity index (χ1n) is 6.43. The summed E-state index contributed by atoms with van der Waals surface area (Å²) in [5.41, 5.74) is 0. The Balaban J connectivity index is 2.34. The van der Waals surface area contributed by atoms with Crippen LogP contribution in [0.3, 0.4) is 0 Å². The summed E-state index contributed by atoms with van der Waals surface area (Å²) in [5, 5.41) is 14.2. The highest BCUT2D eigenvalue weighted by molar-refractivity contribution is 5.82. The van der Waals surface area contributed by atoms with Gasteiger partial charge in [0.2, 0.25) is 0 Å². The molecule has 1 rings (SSSR count). The van der Waals surface area contributed by atoms with Crippen molar-refractivity contribution in [1.29, 1.82) is 0 Å². The number of carbonyl (C=O) groups is 2. The minimum Gasteiger partial charge on any atom is -0.480 e. The van der Waals surface area contributed by atoms with E-state index in [4.69, 9.17) is 5.11 Å². The van der Waals surface area contributed by atoms with Crippen LogP contribution in [-0.4, -0.2) is 29.2 Å². The predicted molar refractivity (Wildman–Crippen MR) is 64.9 cm³/mol. The average Bonchev–Trinajstić information content (AvgIpc) is 2.54. The van der Waals surface area contributed by atoms with Crippen molar-refractivity contribution in [2.75, 3.05) is 0 Å². The van der Waals surface area contributed by atoms with E-state index in [0.717, 1.165) is 25.7 Å². The van der Waals surface area contributed by atoms with Gasteiger partial charge >= 0.3 is 12.0 Å². The van der Waals surface area contributed by atoms with Crippen LogP contribution in [0.15, 0.2) is 0 Å². The van der Waals surface area contributed by atoms with E-state index in [1.54, 1.807) is 6.92 Å². The number of hydrogen-bond acceptors (Lipinski definition) is 2. The number of amides is 2. The van der Waals surface area contributed by atoms with Crippen LogP contribution in [0.4, 0.5) is 4.79 Å². The van der Waals surface area contributed by atoms with Gasteiger partial charge in [0, 0.05) is 6.04 Å². The topological polar surface area (TPSA) is 78.4 Å². The van der Waals surface area contributed by atoms with Crippen molar-refractivity contribution in [1.82, 2.24) is 10.6 Å². The summed E-state index contributed by atoms with van der Waals surface area (Å²) in [6.07, 6.45) is 7.13. The van der Waals surface area contributed by atoms with Gasteiger partial charge in [0.05, 0.1) is 0 Å². The van der Waals surface area contributed by atoms with Crippen molar-refractivity contribution in [3.05, 3.63) is 0 Å². The molecule has 2 amide bonds. The van der Waals surface area contributed by atoms with Crippen LogP contribution in [0.2, 0.25) is 0 Å². The summed E-state index contributed by atoms with van der Waals surface area (Å²) in [5.74, 6) is -0.983. The molecule has 0 aromatic carbocycles. The molecule has 5 heteroatoms. The van der Waals surface area contributed by atoms with Gasteiger partial charge in [-0.1, -0.05) is 32.6 Å². The molecule has 1 aliphatic rings. The van der Waals surface area contributed by atoms with Crippen molar-refractivity contribution in [2.45, 2.75) is 64.0 Å². The van der Waals surface area contributed by atoms with E-state index in [1.807, 2.05) is 0 Å². The molecule has 0 saturated heterocycles. The van der Waals surface area contributed by atoms with Crippen LogP contribution in [0.25, 0.3) is 0 Å². The quantitative estimate of drug-likeness (QED) is 0.658. The molecule has 0 radical (unpaired) electrons. The van der Waals surface area contributed by atoms with Gasteiger partial charge in [-0.05, 0) is 19.3 Å². The zero-order valence-corrected chi connectivity index (χ0v) is 10.4. The Morgan fingerprint density at radius 1 is 1.24 bits per heavy atom. The van der Waals surface area contributed by atoms with Crippen LogP contribution >= 0.6 is 0 Å². The Hall–Kier alpha value is -1.26. The molecule has 5 nitrogen and oxygen atoms in total. The smallest absolute Gasteiger partial charge is 0.326 e. The molecule has 1 fully saturated rings. The van der Waals surface area contributed by atoms with Crippen molar-refractivity contribution >= 4 is 12.0 Å². The molecule has 1 unspecified atom stereocenters. The summed E-state index contributed by atoms with van der Waals surface area (Å²) in [4.78, 5) is 22.4. The summed E-state index contributed by atoms with van der Waals surface area (Å²) < 4.78 is 0. The van der Waals surface area contributed by atoms with E-state index in [0.29, 0.717) is 6.42 Å². The van der Waals surface area contributed by atoms with Gasteiger partial charge in [-0.15, -0.1) is 0 Å². The van der Waals surface area contributed by atoms with Crippen LogP contribution < -0.4 is 10.6 Å². The SMILES string of the molecule is CCC(NC(=O)NC1CCCCCC1)C(=O)O. The largest absolute Gasteiger partial charge is 0.480 e. The van der Waals surface area contributed by atoms with Crippen LogP contribution in [-0.2, 0) is 4.79 Å². The molecule has 17 heavy (non-hydrogen) atoms. The van der Waals surface area contributed by atoms with Gasteiger partial charge in [-0.3, -0.25) is 0 Å². The minimum absolute atomic E-state index is 0.198. The molecular weight excluding hydrogens is 220 g/mol. The van der Waals surface area contributed by atoms with E-state index >= 15 is 0 Å². The molecule has 98 valence electrons. The Morgan fingerprint density at radius 2 is 1.82 bits per heavy atom. The zero-order chi connectivity index (χ0) is 12.7. The maximum absolute atomic E-state index is 11.6. The molecule has 1 atom stereocenters. The van der Waals surface area contributed by atoms with Gasteiger partial charge in [-0.25, -0.2) is 9.59 Å². The van der Waals surface area contributed by atoms with Gasteiger partial charge in [0.15, 0.2) is 0 Å². The third kappa shape index (κ3) is 5.06. The van der Waals surface area contributed by atoms with Crippen molar-refractivity contribution < 1.29 is 14.7 Å². The van der Waals surface area contributed by atoms with E-state index in [9.17, 15) is 9.59 Å². The third-order valence-corrected chi connectivity index (χ3v) is 3.20. The summed E-state index contributed by atoms with van der Waals surface area (Å²) in [6, 6.07) is -0.948. The molecule has 1 saturated carbocycles. The summed E-state index contributed by atoms with van der Waals surface area (Å²) in [6.45, 7) is 1.74. The molecule has 0 aliphatic heterocycles. The monoisotopic (exact) mass is 242 g/mol. The molecule has 0 aromatic heterocycles. The predicted octanol–water partition coefficient (Wildman–Crippen LogP) is 1.87. The fraction of sp³-hybridized carbons (Fsp3) is 0.833. The lowest BCUT2D eigenvalue weighted by Gasteiger charge is -2.19. The Labute approximate surface area is 102 Å². The number of carboxylic acids is 1. The number of carbonyl (C=O) groups excluding carboxylic acids is 1. The molecular formula is C12H22N2O3. The van der Waals surface area contributed by atoms with Gasteiger partial charge in [0.1, 0.15) is 6.04 Å². The molecule has 0 aromatic rings. The lowest BCUT2D eigenvalue weighted by molar-refractivity contribution is -0.139. The molecule has 1 aliphatic carbocycles. The highest BCUT2D eigenvalue weighted by Gasteiger charge is 2.20. The standard InChI is InChI=1S/C12H22N2O3/c1-2-10(11(15)16)14-12(17)13-9-7-5-3-4-6-8-9/h9-10H,2-8H2,1H3,(H,15,16)(H2,13,14,17). The second-order valence-corrected chi connectivity index (χ2v) is 4.61. The number of carboxylic acid groups (broad SMARTS) is 1. The van der Waals surface area contributed by atoms with Crippen LogP contribution in [0.5, 0.6) is 0 Å². The lowest BCUT2D eigenvalue weighted by atomic mass is 10.1.